The summed E-state index contributed by atoms with van der Waals surface area (Å²) in [6.07, 6.45) is 0. The second-order valence-electron chi connectivity index (χ2n) is 2.98. The number of esters is 1. The standard InChI is InChI=1S/C11H11FO5/c1-15-6-4-5-7(16-2)9(12)8(6)10(13)11(14)17-3/h4-5H,1-3H3. The van der Waals surface area contributed by atoms with Crippen molar-refractivity contribution in [3.05, 3.63) is 23.5 Å². The molecule has 0 unspecified atom stereocenters. The molecule has 0 heterocycles. The van der Waals surface area contributed by atoms with Gasteiger partial charge in [0.2, 0.25) is 0 Å². The number of methoxy groups -OCH3 is 3. The van der Waals surface area contributed by atoms with Crippen LogP contribution in [0.2, 0.25) is 0 Å². The van der Waals surface area contributed by atoms with Gasteiger partial charge in [0.05, 0.1) is 21.3 Å². The Morgan fingerprint density at radius 3 is 2.06 bits per heavy atom. The summed E-state index contributed by atoms with van der Waals surface area (Å²) in [5.41, 5.74) is -0.501. The summed E-state index contributed by atoms with van der Waals surface area (Å²) in [5, 5.41) is 0. The Morgan fingerprint density at radius 2 is 1.59 bits per heavy atom. The minimum absolute atomic E-state index is 0.0568. The van der Waals surface area contributed by atoms with Gasteiger partial charge in [-0.05, 0) is 12.1 Å². The number of rotatable bonds is 4. The van der Waals surface area contributed by atoms with Crippen molar-refractivity contribution in [1.82, 2.24) is 0 Å². The molecule has 1 rings (SSSR count). The number of hydrogen-bond acceptors (Lipinski definition) is 5. The molecule has 0 atom stereocenters. The highest BCUT2D eigenvalue weighted by Crippen LogP contribution is 2.29. The van der Waals surface area contributed by atoms with Gasteiger partial charge in [-0.3, -0.25) is 4.79 Å². The Bertz CT molecular complexity index is 455. The van der Waals surface area contributed by atoms with Gasteiger partial charge in [0, 0.05) is 0 Å². The Kier molecular flexibility index (Phi) is 4.03. The van der Waals surface area contributed by atoms with Crippen LogP contribution in [0.25, 0.3) is 0 Å². The normalized spacial score (nSPS) is 9.65. The molecule has 6 heteroatoms. The molecular weight excluding hydrogens is 231 g/mol. The van der Waals surface area contributed by atoms with E-state index in [1.54, 1.807) is 0 Å². The molecule has 0 saturated carbocycles. The third kappa shape index (κ3) is 2.35. The van der Waals surface area contributed by atoms with Crippen LogP contribution in [0.3, 0.4) is 0 Å². The molecule has 1 aromatic carbocycles. The lowest BCUT2D eigenvalue weighted by Crippen LogP contribution is -2.18. The number of halogens is 1. The largest absolute Gasteiger partial charge is 0.496 e. The highest BCUT2D eigenvalue weighted by Gasteiger charge is 2.27. The minimum Gasteiger partial charge on any atom is -0.496 e. The molecule has 1 aromatic rings. The second kappa shape index (κ2) is 5.29. The number of ether oxygens (including phenoxy) is 3. The van der Waals surface area contributed by atoms with Crippen LogP contribution in [0.1, 0.15) is 10.4 Å². The molecule has 92 valence electrons. The summed E-state index contributed by atoms with van der Waals surface area (Å²) >= 11 is 0. The van der Waals surface area contributed by atoms with Crippen molar-refractivity contribution < 1.29 is 28.2 Å². The predicted molar refractivity (Wildman–Crippen MR) is 55.9 cm³/mol. The van der Waals surface area contributed by atoms with E-state index < -0.39 is 23.1 Å². The SMILES string of the molecule is COC(=O)C(=O)c1c(OC)ccc(OC)c1F. The summed E-state index contributed by atoms with van der Waals surface area (Å²) in [4.78, 5) is 22.7. The Labute approximate surface area is 97.1 Å². The number of Topliss-reactive ketones (excluding diaryl/α,β-unsaturated/α-hetero) is 1. The van der Waals surface area contributed by atoms with E-state index in [0.717, 1.165) is 7.11 Å². The van der Waals surface area contributed by atoms with Crippen LogP contribution in [-0.4, -0.2) is 33.1 Å². The zero-order valence-corrected chi connectivity index (χ0v) is 9.57. The van der Waals surface area contributed by atoms with Crippen molar-refractivity contribution in [3.63, 3.8) is 0 Å². The summed E-state index contributed by atoms with van der Waals surface area (Å²) in [6.45, 7) is 0. The van der Waals surface area contributed by atoms with E-state index in [4.69, 9.17) is 9.47 Å². The van der Waals surface area contributed by atoms with Gasteiger partial charge in [-0.15, -0.1) is 0 Å². The van der Waals surface area contributed by atoms with Crippen molar-refractivity contribution in [2.45, 2.75) is 0 Å². The summed E-state index contributed by atoms with van der Waals surface area (Å²) < 4.78 is 27.6. The van der Waals surface area contributed by atoms with Crippen LogP contribution in [0, 0.1) is 5.82 Å². The second-order valence-corrected chi connectivity index (χ2v) is 2.98. The molecule has 0 aromatic heterocycles. The maximum Gasteiger partial charge on any atom is 0.379 e. The van der Waals surface area contributed by atoms with Crippen LogP contribution >= 0.6 is 0 Å². The minimum atomic E-state index is -1.17. The van der Waals surface area contributed by atoms with Crippen molar-refractivity contribution in [3.8, 4) is 11.5 Å². The molecular formula is C11H11FO5. The quantitative estimate of drug-likeness (QED) is 0.451. The van der Waals surface area contributed by atoms with Gasteiger partial charge < -0.3 is 14.2 Å². The number of carbonyl (C=O) groups excluding carboxylic acids is 2. The number of ketones is 1. The molecule has 0 saturated heterocycles. The van der Waals surface area contributed by atoms with Gasteiger partial charge in [0.1, 0.15) is 11.3 Å². The Hall–Kier alpha value is -2.11. The van der Waals surface area contributed by atoms with Crippen molar-refractivity contribution >= 4 is 11.8 Å². The van der Waals surface area contributed by atoms with E-state index in [9.17, 15) is 14.0 Å². The molecule has 0 fully saturated rings. The van der Waals surface area contributed by atoms with Crippen molar-refractivity contribution in [1.29, 1.82) is 0 Å². The molecule has 0 aliphatic carbocycles. The van der Waals surface area contributed by atoms with E-state index in [-0.39, 0.29) is 11.5 Å². The zero-order valence-electron chi connectivity index (χ0n) is 9.57. The topological polar surface area (TPSA) is 61.8 Å². The van der Waals surface area contributed by atoms with Gasteiger partial charge in [-0.2, -0.15) is 0 Å². The fourth-order valence-corrected chi connectivity index (χ4v) is 1.27. The average molecular weight is 242 g/mol. The van der Waals surface area contributed by atoms with Crippen LogP contribution in [0.4, 0.5) is 4.39 Å². The fourth-order valence-electron chi connectivity index (χ4n) is 1.27. The number of benzene rings is 1. The fraction of sp³-hybridized carbons (Fsp3) is 0.273. The van der Waals surface area contributed by atoms with Crippen LogP contribution < -0.4 is 9.47 Å². The molecule has 0 radical (unpaired) electrons. The monoisotopic (exact) mass is 242 g/mol. The third-order valence-electron chi connectivity index (χ3n) is 2.11. The molecule has 0 spiro atoms. The highest BCUT2D eigenvalue weighted by atomic mass is 19.1. The van der Waals surface area contributed by atoms with Crippen molar-refractivity contribution in [2.75, 3.05) is 21.3 Å². The number of hydrogen-bond donors (Lipinski definition) is 0. The van der Waals surface area contributed by atoms with Gasteiger partial charge >= 0.3 is 5.97 Å². The first-order valence-electron chi connectivity index (χ1n) is 4.60. The molecule has 0 aliphatic heterocycles. The maximum atomic E-state index is 13.8. The summed E-state index contributed by atoms with van der Waals surface area (Å²) in [7, 11) is 3.54. The first-order valence-corrected chi connectivity index (χ1v) is 4.60. The third-order valence-corrected chi connectivity index (χ3v) is 2.11. The molecule has 5 nitrogen and oxygen atoms in total. The first-order chi connectivity index (χ1) is 8.06. The smallest absolute Gasteiger partial charge is 0.379 e. The van der Waals surface area contributed by atoms with Gasteiger partial charge in [-0.1, -0.05) is 0 Å². The lowest BCUT2D eigenvalue weighted by molar-refractivity contribution is -0.135. The summed E-state index contributed by atoms with van der Waals surface area (Å²) in [5.74, 6) is -3.46. The van der Waals surface area contributed by atoms with Gasteiger partial charge in [0.15, 0.2) is 11.6 Å². The predicted octanol–water partition coefficient (Wildman–Crippen LogP) is 1.20. The molecule has 0 amide bonds. The lowest BCUT2D eigenvalue weighted by Gasteiger charge is -2.10. The number of carbonyl (C=O) groups is 2. The molecule has 0 N–H and O–H groups in total. The lowest BCUT2D eigenvalue weighted by atomic mass is 10.1. The molecule has 0 bridgehead atoms. The van der Waals surface area contributed by atoms with Crippen molar-refractivity contribution in [2.24, 2.45) is 0 Å². The molecule has 0 aliphatic rings. The molecule has 17 heavy (non-hydrogen) atoms. The Morgan fingerprint density at radius 1 is 1.06 bits per heavy atom. The summed E-state index contributed by atoms with van der Waals surface area (Å²) in [6, 6.07) is 2.63. The first kappa shape index (κ1) is 13.0. The van der Waals surface area contributed by atoms with Crippen LogP contribution in [0.15, 0.2) is 12.1 Å². The average Bonchev–Trinajstić information content (AvgIpc) is 2.36. The zero-order chi connectivity index (χ0) is 13.0. The van der Waals surface area contributed by atoms with E-state index in [1.165, 1.54) is 26.4 Å². The highest BCUT2D eigenvalue weighted by molar-refractivity contribution is 6.41. The van der Waals surface area contributed by atoms with E-state index in [1.807, 2.05) is 0 Å². The van der Waals surface area contributed by atoms with Crippen LogP contribution in [0.5, 0.6) is 11.5 Å². The van der Waals surface area contributed by atoms with Crippen LogP contribution in [-0.2, 0) is 9.53 Å². The Balaban J connectivity index is 3.37. The maximum absolute atomic E-state index is 13.8. The van der Waals surface area contributed by atoms with E-state index in [0.29, 0.717) is 0 Å². The van der Waals surface area contributed by atoms with Gasteiger partial charge in [0.25, 0.3) is 5.78 Å². The van der Waals surface area contributed by atoms with Gasteiger partial charge in [-0.25, -0.2) is 9.18 Å². The van der Waals surface area contributed by atoms with E-state index in [2.05, 4.69) is 4.74 Å². The van der Waals surface area contributed by atoms with E-state index >= 15 is 0 Å².